The standard InChI is InChI=1S/C16H15F3N2O2S/c1-10(22)20-11-4-6-14(13(9-11)16(17,18)19)21-15(23)7-5-12-3-2-8-24-12/h2-4,6,8-9H,5,7H2,1H3,(H,20,22)(H,21,23). The summed E-state index contributed by atoms with van der Waals surface area (Å²) < 4.78 is 39.5. The molecule has 0 aliphatic rings. The highest BCUT2D eigenvalue weighted by Gasteiger charge is 2.34. The Balaban J connectivity index is 2.13. The van der Waals surface area contributed by atoms with Crippen LogP contribution in [0.4, 0.5) is 24.5 Å². The topological polar surface area (TPSA) is 58.2 Å². The van der Waals surface area contributed by atoms with Crippen LogP contribution >= 0.6 is 11.3 Å². The van der Waals surface area contributed by atoms with Crippen molar-refractivity contribution < 1.29 is 22.8 Å². The van der Waals surface area contributed by atoms with E-state index in [0.717, 1.165) is 17.0 Å². The molecular formula is C16H15F3N2O2S. The number of anilines is 2. The van der Waals surface area contributed by atoms with Gasteiger partial charge in [-0.2, -0.15) is 13.2 Å². The summed E-state index contributed by atoms with van der Waals surface area (Å²) in [5.41, 5.74) is -1.31. The lowest BCUT2D eigenvalue weighted by Crippen LogP contribution is -2.17. The van der Waals surface area contributed by atoms with Crippen LogP contribution in [0.15, 0.2) is 35.7 Å². The van der Waals surface area contributed by atoms with Crippen molar-refractivity contribution in [2.24, 2.45) is 0 Å². The lowest BCUT2D eigenvalue weighted by Gasteiger charge is -2.15. The quantitative estimate of drug-likeness (QED) is 0.839. The van der Waals surface area contributed by atoms with Gasteiger partial charge in [0.2, 0.25) is 11.8 Å². The molecule has 0 fully saturated rings. The molecule has 0 atom stereocenters. The zero-order valence-electron chi connectivity index (χ0n) is 12.7. The van der Waals surface area contributed by atoms with E-state index < -0.39 is 23.6 Å². The van der Waals surface area contributed by atoms with Crippen LogP contribution < -0.4 is 10.6 Å². The number of alkyl halides is 3. The Labute approximate surface area is 140 Å². The predicted molar refractivity (Wildman–Crippen MR) is 87.0 cm³/mol. The van der Waals surface area contributed by atoms with Crippen molar-refractivity contribution >= 4 is 34.5 Å². The van der Waals surface area contributed by atoms with E-state index in [4.69, 9.17) is 0 Å². The minimum absolute atomic E-state index is 0.0198. The molecule has 0 saturated heterocycles. The summed E-state index contributed by atoms with van der Waals surface area (Å²) in [5.74, 6) is -0.975. The molecule has 1 aromatic carbocycles. The Morgan fingerprint density at radius 2 is 1.92 bits per heavy atom. The molecule has 4 nitrogen and oxygen atoms in total. The Bertz CT molecular complexity index is 727. The van der Waals surface area contributed by atoms with Gasteiger partial charge in [-0.05, 0) is 36.1 Å². The number of amides is 2. The maximum Gasteiger partial charge on any atom is 0.418 e. The molecule has 0 radical (unpaired) electrons. The number of nitrogens with one attached hydrogen (secondary N) is 2. The van der Waals surface area contributed by atoms with Crippen LogP contribution in [0, 0.1) is 0 Å². The van der Waals surface area contributed by atoms with Gasteiger partial charge in [-0.15, -0.1) is 11.3 Å². The van der Waals surface area contributed by atoms with Gasteiger partial charge in [0, 0.05) is 23.9 Å². The van der Waals surface area contributed by atoms with Gasteiger partial charge in [0.15, 0.2) is 0 Å². The summed E-state index contributed by atoms with van der Waals surface area (Å²) in [4.78, 5) is 23.9. The Hall–Kier alpha value is -2.35. The SMILES string of the molecule is CC(=O)Nc1ccc(NC(=O)CCc2cccs2)c(C(F)(F)F)c1. The summed E-state index contributed by atoms with van der Waals surface area (Å²) in [6, 6.07) is 6.96. The lowest BCUT2D eigenvalue weighted by atomic mass is 10.1. The molecule has 128 valence electrons. The first-order valence-corrected chi connectivity index (χ1v) is 7.95. The van der Waals surface area contributed by atoms with E-state index in [-0.39, 0.29) is 17.8 Å². The van der Waals surface area contributed by atoms with Crippen molar-refractivity contribution in [3.63, 3.8) is 0 Å². The molecule has 0 aliphatic carbocycles. The van der Waals surface area contributed by atoms with Crippen molar-refractivity contribution in [1.29, 1.82) is 0 Å². The second kappa shape index (κ2) is 7.48. The molecule has 0 saturated carbocycles. The van der Waals surface area contributed by atoms with Crippen molar-refractivity contribution in [2.45, 2.75) is 25.9 Å². The molecule has 2 amide bonds. The van der Waals surface area contributed by atoms with Crippen molar-refractivity contribution in [3.05, 3.63) is 46.2 Å². The van der Waals surface area contributed by atoms with Crippen LogP contribution in [-0.2, 0) is 22.2 Å². The van der Waals surface area contributed by atoms with Gasteiger partial charge in [0.1, 0.15) is 0 Å². The lowest BCUT2D eigenvalue weighted by molar-refractivity contribution is -0.137. The first kappa shape index (κ1) is 18.0. The third-order valence-corrected chi connectivity index (χ3v) is 4.03. The van der Waals surface area contributed by atoms with Gasteiger partial charge in [0.25, 0.3) is 0 Å². The van der Waals surface area contributed by atoms with Crippen molar-refractivity contribution in [1.82, 2.24) is 0 Å². The molecule has 0 bridgehead atoms. The maximum absolute atomic E-state index is 13.2. The summed E-state index contributed by atoms with van der Waals surface area (Å²) in [5, 5.41) is 6.46. The number of thiophene rings is 1. The molecule has 1 heterocycles. The van der Waals surface area contributed by atoms with Crippen LogP contribution in [0.1, 0.15) is 23.8 Å². The minimum atomic E-state index is -4.65. The fourth-order valence-electron chi connectivity index (χ4n) is 2.07. The Morgan fingerprint density at radius 1 is 1.17 bits per heavy atom. The second-order valence-corrected chi connectivity index (χ2v) is 6.10. The summed E-state index contributed by atoms with van der Waals surface area (Å²) >= 11 is 1.49. The zero-order chi connectivity index (χ0) is 17.7. The highest BCUT2D eigenvalue weighted by atomic mass is 32.1. The van der Waals surface area contributed by atoms with E-state index >= 15 is 0 Å². The highest BCUT2D eigenvalue weighted by molar-refractivity contribution is 7.09. The van der Waals surface area contributed by atoms with Gasteiger partial charge in [-0.1, -0.05) is 6.07 Å². The van der Waals surface area contributed by atoms with E-state index in [1.165, 1.54) is 24.3 Å². The maximum atomic E-state index is 13.2. The number of benzene rings is 1. The normalized spacial score (nSPS) is 11.2. The second-order valence-electron chi connectivity index (χ2n) is 5.07. The molecule has 2 rings (SSSR count). The van der Waals surface area contributed by atoms with E-state index in [2.05, 4.69) is 10.6 Å². The predicted octanol–water partition coefficient (Wildman–Crippen LogP) is 4.30. The number of halogens is 3. The van der Waals surface area contributed by atoms with Crippen LogP contribution in [0.3, 0.4) is 0 Å². The van der Waals surface area contributed by atoms with E-state index in [1.807, 2.05) is 17.5 Å². The molecule has 2 aromatic rings. The first-order valence-electron chi connectivity index (χ1n) is 7.07. The van der Waals surface area contributed by atoms with Crippen LogP contribution in [-0.4, -0.2) is 11.8 Å². The Kier molecular flexibility index (Phi) is 5.61. The third kappa shape index (κ3) is 5.09. The molecule has 24 heavy (non-hydrogen) atoms. The first-order chi connectivity index (χ1) is 11.3. The molecule has 2 N–H and O–H groups in total. The third-order valence-electron chi connectivity index (χ3n) is 3.10. The van der Waals surface area contributed by atoms with Crippen LogP contribution in [0.2, 0.25) is 0 Å². The molecule has 8 heteroatoms. The Morgan fingerprint density at radius 3 is 2.50 bits per heavy atom. The number of rotatable bonds is 5. The summed E-state index contributed by atoms with van der Waals surface area (Å²) in [7, 11) is 0. The average molecular weight is 356 g/mol. The van der Waals surface area contributed by atoms with Gasteiger partial charge in [0.05, 0.1) is 11.3 Å². The largest absolute Gasteiger partial charge is 0.418 e. The number of carbonyl (C=O) groups is 2. The molecule has 1 aromatic heterocycles. The van der Waals surface area contributed by atoms with Gasteiger partial charge in [-0.3, -0.25) is 9.59 Å². The summed E-state index contributed by atoms with van der Waals surface area (Å²) in [6.45, 7) is 1.20. The van der Waals surface area contributed by atoms with Crippen molar-refractivity contribution in [2.75, 3.05) is 10.6 Å². The fraction of sp³-hybridized carbons (Fsp3) is 0.250. The molecule has 0 spiro atoms. The molecule has 0 aliphatic heterocycles. The zero-order valence-corrected chi connectivity index (χ0v) is 13.6. The molecule has 0 unspecified atom stereocenters. The smallest absolute Gasteiger partial charge is 0.326 e. The monoisotopic (exact) mass is 356 g/mol. The van der Waals surface area contributed by atoms with Crippen LogP contribution in [0.25, 0.3) is 0 Å². The summed E-state index contributed by atoms with van der Waals surface area (Å²) in [6.07, 6.45) is -4.09. The highest BCUT2D eigenvalue weighted by Crippen LogP contribution is 2.36. The van der Waals surface area contributed by atoms with Gasteiger partial charge in [-0.25, -0.2) is 0 Å². The number of hydrogen-bond donors (Lipinski definition) is 2. The van der Waals surface area contributed by atoms with Crippen LogP contribution in [0.5, 0.6) is 0 Å². The average Bonchev–Trinajstić information content (AvgIpc) is 2.98. The van der Waals surface area contributed by atoms with Gasteiger partial charge >= 0.3 is 6.18 Å². The van der Waals surface area contributed by atoms with E-state index in [9.17, 15) is 22.8 Å². The van der Waals surface area contributed by atoms with E-state index in [1.54, 1.807) is 0 Å². The molecular weight excluding hydrogens is 341 g/mol. The van der Waals surface area contributed by atoms with Gasteiger partial charge < -0.3 is 10.6 Å². The number of carbonyl (C=O) groups excluding carboxylic acids is 2. The minimum Gasteiger partial charge on any atom is -0.326 e. The fourth-order valence-corrected chi connectivity index (χ4v) is 2.78. The number of aryl methyl sites for hydroxylation is 1. The number of hydrogen-bond acceptors (Lipinski definition) is 3. The van der Waals surface area contributed by atoms with E-state index in [0.29, 0.717) is 6.42 Å². The van der Waals surface area contributed by atoms with Crippen molar-refractivity contribution in [3.8, 4) is 0 Å².